The van der Waals surface area contributed by atoms with Gasteiger partial charge in [0, 0.05) is 37.9 Å². The molecule has 2 aliphatic rings. The lowest BCUT2D eigenvalue weighted by molar-refractivity contribution is 0.0528. The summed E-state index contributed by atoms with van der Waals surface area (Å²) in [4.78, 5) is 16.6. The van der Waals surface area contributed by atoms with Crippen LogP contribution in [0.5, 0.6) is 0 Å². The van der Waals surface area contributed by atoms with Gasteiger partial charge in [-0.15, -0.1) is 0 Å². The van der Waals surface area contributed by atoms with E-state index < -0.39 is 0 Å². The number of nitrogens with one attached hydrogen (secondary N) is 1. The molecule has 0 atom stereocenters. The molecular formula is C19H19Cl2N3O. The minimum atomic E-state index is -0.0907. The summed E-state index contributed by atoms with van der Waals surface area (Å²) < 4.78 is 0. The van der Waals surface area contributed by atoms with E-state index in [1.807, 2.05) is 4.90 Å². The Kier molecular flexibility index (Phi) is 4.59. The van der Waals surface area contributed by atoms with Crippen LogP contribution in [-0.2, 0) is 13.0 Å². The van der Waals surface area contributed by atoms with Crippen molar-refractivity contribution < 1.29 is 4.79 Å². The highest BCUT2D eigenvalue weighted by atomic mass is 35.5. The summed E-state index contributed by atoms with van der Waals surface area (Å²) in [5.74, 6) is 0. The Morgan fingerprint density at radius 3 is 2.56 bits per heavy atom. The number of carbonyl (C=O) groups is 1. The van der Waals surface area contributed by atoms with Gasteiger partial charge in [0.15, 0.2) is 0 Å². The summed E-state index contributed by atoms with van der Waals surface area (Å²) >= 11 is 11.9. The predicted octanol–water partition coefficient (Wildman–Crippen LogP) is 4.27. The first kappa shape index (κ1) is 16.7. The van der Waals surface area contributed by atoms with Crippen molar-refractivity contribution in [2.45, 2.75) is 19.0 Å². The molecule has 130 valence electrons. The van der Waals surface area contributed by atoms with Gasteiger partial charge in [-0.1, -0.05) is 47.5 Å². The standard InChI is InChI=1S/C19H19Cl2N3O/c20-17-6-5-15(9-18(17)21)22-19(25)24-11-16(12-24)23-8-7-13-3-1-2-4-14(13)10-23/h1-6,9,16H,7-8,10-12H2,(H,22,25). The number of likely N-dealkylation sites (tertiary alicyclic amines) is 1. The van der Waals surface area contributed by atoms with E-state index in [9.17, 15) is 4.79 Å². The van der Waals surface area contributed by atoms with E-state index in [1.165, 1.54) is 11.1 Å². The number of urea groups is 1. The van der Waals surface area contributed by atoms with Crippen molar-refractivity contribution in [3.8, 4) is 0 Å². The van der Waals surface area contributed by atoms with Crippen LogP contribution in [0.1, 0.15) is 11.1 Å². The first-order chi connectivity index (χ1) is 12.1. The zero-order valence-electron chi connectivity index (χ0n) is 13.7. The lowest BCUT2D eigenvalue weighted by Gasteiger charge is -2.46. The Morgan fingerprint density at radius 1 is 1.04 bits per heavy atom. The number of hydrogen-bond donors (Lipinski definition) is 1. The van der Waals surface area contributed by atoms with E-state index in [0.29, 0.717) is 21.8 Å². The molecule has 4 rings (SSSR count). The summed E-state index contributed by atoms with van der Waals surface area (Å²) in [7, 11) is 0. The Balaban J connectivity index is 1.31. The first-order valence-electron chi connectivity index (χ1n) is 8.42. The number of carbonyl (C=O) groups excluding carboxylic acids is 1. The normalized spacial score (nSPS) is 17.8. The molecule has 1 N–H and O–H groups in total. The van der Waals surface area contributed by atoms with Gasteiger partial charge in [0.2, 0.25) is 0 Å². The molecular weight excluding hydrogens is 357 g/mol. The van der Waals surface area contributed by atoms with Gasteiger partial charge < -0.3 is 10.2 Å². The molecule has 1 fully saturated rings. The van der Waals surface area contributed by atoms with Crippen molar-refractivity contribution in [1.82, 2.24) is 9.80 Å². The van der Waals surface area contributed by atoms with Gasteiger partial charge in [0.05, 0.1) is 10.0 Å². The topological polar surface area (TPSA) is 35.6 Å². The van der Waals surface area contributed by atoms with Gasteiger partial charge in [0.25, 0.3) is 0 Å². The zero-order valence-corrected chi connectivity index (χ0v) is 15.2. The number of hydrogen-bond acceptors (Lipinski definition) is 2. The Hall–Kier alpha value is -1.75. The minimum absolute atomic E-state index is 0.0907. The quantitative estimate of drug-likeness (QED) is 0.850. The average molecular weight is 376 g/mol. The first-order valence-corrected chi connectivity index (χ1v) is 9.17. The van der Waals surface area contributed by atoms with Gasteiger partial charge in [0.1, 0.15) is 0 Å². The van der Waals surface area contributed by atoms with Gasteiger partial charge in [-0.2, -0.15) is 0 Å². The van der Waals surface area contributed by atoms with Crippen molar-refractivity contribution in [3.63, 3.8) is 0 Å². The molecule has 2 aliphatic heterocycles. The fourth-order valence-corrected chi connectivity index (χ4v) is 3.76. The van der Waals surface area contributed by atoms with Crippen LogP contribution < -0.4 is 5.32 Å². The van der Waals surface area contributed by atoms with Crippen molar-refractivity contribution in [1.29, 1.82) is 0 Å². The third kappa shape index (κ3) is 3.47. The summed E-state index contributed by atoms with van der Waals surface area (Å²) in [6.07, 6.45) is 1.09. The maximum atomic E-state index is 12.3. The zero-order chi connectivity index (χ0) is 17.4. The predicted molar refractivity (Wildman–Crippen MR) is 101 cm³/mol. The van der Waals surface area contributed by atoms with E-state index in [1.54, 1.807) is 18.2 Å². The SMILES string of the molecule is O=C(Nc1ccc(Cl)c(Cl)c1)N1CC(N2CCc3ccccc3C2)C1. The highest BCUT2D eigenvalue weighted by Crippen LogP contribution is 2.27. The molecule has 2 heterocycles. The van der Waals surface area contributed by atoms with Crippen molar-refractivity contribution in [2.24, 2.45) is 0 Å². The number of benzene rings is 2. The summed E-state index contributed by atoms with van der Waals surface area (Å²) in [6, 6.07) is 14.1. The van der Waals surface area contributed by atoms with Crippen LogP contribution in [0.3, 0.4) is 0 Å². The largest absolute Gasteiger partial charge is 0.321 e. The molecule has 0 aromatic heterocycles. The molecule has 1 saturated heterocycles. The minimum Gasteiger partial charge on any atom is -0.321 e. The fourth-order valence-electron chi connectivity index (χ4n) is 3.46. The maximum Gasteiger partial charge on any atom is 0.321 e. The third-order valence-electron chi connectivity index (χ3n) is 5.00. The van der Waals surface area contributed by atoms with Gasteiger partial charge in [-0.3, -0.25) is 4.90 Å². The van der Waals surface area contributed by atoms with Crippen molar-refractivity contribution >= 4 is 34.9 Å². The van der Waals surface area contributed by atoms with Crippen LogP contribution in [0.4, 0.5) is 10.5 Å². The summed E-state index contributed by atoms with van der Waals surface area (Å²) in [5.41, 5.74) is 3.52. The number of fused-ring (bicyclic) bond motifs is 1. The number of amides is 2. The lowest BCUT2D eigenvalue weighted by atomic mass is 9.97. The molecule has 0 saturated carbocycles. The molecule has 0 radical (unpaired) electrons. The molecule has 0 aliphatic carbocycles. The van der Waals surface area contributed by atoms with Crippen LogP contribution in [0.15, 0.2) is 42.5 Å². The molecule has 2 amide bonds. The Morgan fingerprint density at radius 2 is 1.80 bits per heavy atom. The highest BCUT2D eigenvalue weighted by Gasteiger charge is 2.36. The average Bonchev–Trinajstić information content (AvgIpc) is 2.57. The highest BCUT2D eigenvalue weighted by molar-refractivity contribution is 6.42. The number of nitrogens with zero attached hydrogens (tertiary/aromatic N) is 2. The van der Waals surface area contributed by atoms with Crippen LogP contribution in [0.2, 0.25) is 10.0 Å². The van der Waals surface area contributed by atoms with Crippen LogP contribution in [0, 0.1) is 0 Å². The maximum absolute atomic E-state index is 12.3. The second-order valence-electron chi connectivity index (χ2n) is 6.61. The van der Waals surface area contributed by atoms with Crippen LogP contribution >= 0.6 is 23.2 Å². The smallest absolute Gasteiger partial charge is 0.321 e. The Bertz CT molecular complexity index is 805. The lowest BCUT2D eigenvalue weighted by Crippen LogP contribution is -2.62. The van der Waals surface area contributed by atoms with Gasteiger partial charge >= 0.3 is 6.03 Å². The molecule has 0 bridgehead atoms. The number of rotatable bonds is 2. The van der Waals surface area contributed by atoms with Gasteiger partial charge in [-0.25, -0.2) is 4.79 Å². The second kappa shape index (κ2) is 6.87. The molecule has 6 heteroatoms. The van der Waals surface area contributed by atoms with Crippen molar-refractivity contribution in [3.05, 3.63) is 63.6 Å². The number of halogens is 2. The molecule has 25 heavy (non-hydrogen) atoms. The van der Waals surface area contributed by atoms with E-state index in [2.05, 4.69) is 34.5 Å². The molecule has 0 spiro atoms. The fraction of sp³-hybridized carbons (Fsp3) is 0.316. The summed E-state index contributed by atoms with van der Waals surface area (Å²) in [5, 5.41) is 3.79. The third-order valence-corrected chi connectivity index (χ3v) is 5.74. The Labute approximate surface area is 157 Å². The second-order valence-corrected chi connectivity index (χ2v) is 7.42. The van der Waals surface area contributed by atoms with E-state index >= 15 is 0 Å². The van der Waals surface area contributed by atoms with Gasteiger partial charge in [-0.05, 0) is 35.7 Å². The van der Waals surface area contributed by atoms with Crippen molar-refractivity contribution in [2.75, 3.05) is 25.0 Å². The van der Waals surface area contributed by atoms with Crippen LogP contribution in [-0.4, -0.2) is 41.5 Å². The molecule has 4 nitrogen and oxygen atoms in total. The number of anilines is 1. The van der Waals surface area contributed by atoms with E-state index in [4.69, 9.17) is 23.2 Å². The molecule has 0 unspecified atom stereocenters. The van der Waals surface area contributed by atoms with Crippen LogP contribution in [0.25, 0.3) is 0 Å². The molecule has 2 aromatic rings. The van der Waals surface area contributed by atoms with E-state index in [-0.39, 0.29) is 6.03 Å². The molecule has 2 aromatic carbocycles. The van der Waals surface area contributed by atoms with E-state index in [0.717, 1.165) is 32.6 Å². The summed E-state index contributed by atoms with van der Waals surface area (Å²) in [6.45, 7) is 3.55. The monoisotopic (exact) mass is 375 g/mol.